The van der Waals surface area contributed by atoms with Crippen molar-refractivity contribution >= 4 is 17.5 Å². The van der Waals surface area contributed by atoms with Crippen molar-refractivity contribution in [1.29, 1.82) is 0 Å². The Hall–Kier alpha value is -2.46. The van der Waals surface area contributed by atoms with Gasteiger partial charge in [-0.25, -0.2) is 9.78 Å². The number of aliphatic hydroxyl groups excluding tert-OH is 1. The summed E-state index contributed by atoms with van der Waals surface area (Å²) in [7, 11) is 2.99. The summed E-state index contributed by atoms with van der Waals surface area (Å²) >= 11 is 0. The first kappa shape index (κ1) is 17.4. The molecule has 136 valence electrons. The molecule has 1 aliphatic rings. The first-order valence-corrected chi connectivity index (χ1v) is 8.16. The summed E-state index contributed by atoms with van der Waals surface area (Å²) in [5, 5.41) is 13.3. The van der Waals surface area contributed by atoms with Gasteiger partial charge in [-0.05, 0) is 0 Å². The monoisotopic (exact) mass is 351 g/mol. The van der Waals surface area contributed by atoms with Gasteiger partial charge in [0.15, 0.2) is 11.2 Å². The highest BCUT2D eigenvalue weighted by Crippen LogP contribution is 2.06. The molecule has 2 aromatic heterocycles. The molecule has 0 bridgehead atoms. The molecule has 0 amide bonds. The normalized spacial score (nSPS) is 16.2. The van der Waals surface area contributed by atoms with E-state index in [0.29, 0.717) is 30.9 Å². The molecule has 1 fully saturated rings. The van der Waals surface area contributed by atoms with Gasteiger partial charge in [0.2, 0.25) is 6.34 Å². The molecule has 1 aliphatic heterocycles. The van der Waals surface area contributed by atoms with Crippen molar-refractivity contribution in [3.63, 3.8) is 0 Å². The van der Waals surface area contributed by atoms with Crippen LogP contribution in [0.5, 0.6) is 0 Å². The minimum atomic E-state index is -0.711. The lowest BCUT2D eigenvalue weighted by atomic mass is 10.3. The Morgan fingerprint density at radius 2 is 2.08 bits per heavy atom. The van der Waals surface area contributed by atoms with E-state index in [-0.39, 0.29) is 6.54 Å². The predicted molar refractivity (Wildman–Crippen MR) is 91.1 cm³/mol. The number of hydrogen-bond donors (Lipinski definition) is 2. The van der Waals surface area contributed by atoms with E-state index >= 15 is 0 Å². The van der Waals surface area contributed by atoms with Gasteiger partial charge in [0, 0.05) is 14.1 Å². The van der Waals surface area contributed by atoms with E-state index in [4.69, 9.17) is 4.74 Å². The second-order valence-electron chi connectivity index (χ2n) is 6.11. The van der Waals surface area contributed by atoms with Crippen LogP contribution >= 0.6 is 0 Å². The number of aliphatic hydroxyl groups is 1. The van der Waals surface area contributed by atoms with Gasteiger partial charge in [-0.1, -0.05) is 0 Å². The molecule has 2 aromatic rings. The minimum Gasteiger partial charge on any atom is -0.387 e. The molecule has 10 heteroatoms. The molecule has 3 heterocycles. The van der Waals surface area contributed by atoms with E-state index in [1.165, 1.54) is 17.9 Å². The van der Waals surface area contributed by atoms with Crippen molar-refractivity contribution in [2.45, 2.75) is 12.6 Å². The summed E-state index contributed by atoms with van der Waals surface area (Å²) < 4.78 is 11.3. The Balaban J connectivity index is 1.72. The van der Waals surface area contributed by atoms with Crippen molar-refractivity contribution in [1.82, 2.24) is 24.0 Å². The molecular weight excluding hydrogens is 328 g/mol. The van der Waals surface area contributed by atoms with Crippen molar-refractivity contribution in [2.24, 2.45) is 14.1 Å². The highest BCUT2D eigenvalue weighted by atomic mass is 16.5. The Morgan fingerprint density at radius 1 is 1.36 bits per heavy atom. The standard InChI is InChI=1S/C15H22N6O4/c1-18-13-12(14(23)19(2)15(18)24)21(10-17-13)8-11(22)7-16-9-20-3-5-25-6-4-20/h9-11,22H,3-8H2,1-2H3/p+1/t11-/m1/s1. The summed E-state index contributed by atoms with van der Waals surface area (Å²) in [4.78, 5) is 28.4. The Labute approximate surface area is 143 Å². The molecule has 0 aliphatic carbocycles. The van der Waals surface area contributed by atoms with E-state index in [1.807, 2.05) is 6.34 Å². The van der Waals surface area contributed by atoms with Gasteiger partial charge in [-0.2, -0.15) is 0 Å². The van der Waals surface area contributed by atoms with Crippen molar-refractivity contribution < 1.29 is 14.4 Å². The van der Waals surface area contributed by atoms with Gasteiger partial charge < -0.3 is 14.4 Å². The van der Waals surface area contributed by atoms with Crippen molar-refractivity contribution in [2.75, 3.05) is 32.8 Å². The maximum atomic E-state index is 12.4. The second-order valence-corrected chi connectivity index (χ2v) is 6.11. The second kappa shape index (κ2) is 7.19. The lowest BCUT2D eigenvalue weighted by Gasteiger charge is -2.14. The molecule has 0 unspecified atom stereocenters. The number of imidazole rings is 1. The van der Waals surface area contributed by atoms with Crippen LogP contribution in [0.2, 0.25) is 0 Å². The number of morpholine rings is 1. The number of rotatable bonds is 5. The third kappa shape index (κ3) is 3.49. The van der Waals surface area contributed by atoms with E-state index in [2.05, 4.69) is 14.9 Å². The van der Waals surface area contributed by atoms with Gasteiger partial charge in [-0.3, -0.25) is 23.8 Å². The maximum Gasteiger partial charge on any atom is 0.332 e. The fraction of sp³-hybridized carbons (Fsp3) is 0.600. The third-order valence-corrected chi connectivity index (χ3v) is 4.30. The van der Waals surface area contributed by atoms with E-state index in [9.17, 15) is 14.7 Å². The molecule has 1 atom stereocenters. The summed E-state index contributed by atoms with van der Waals surface area (Å²) in [6.45, 7) is 3.57. The van der Waals surface area contributed by atoms with E-state index in [0.717, 1.165) is 17.7 Å². The van der Waals surface area contributed by atoms with Crippen molar-refractivity contribution in [3.8, 4) is 0 Å². The minimum absolute atomic E-state index is 0.202. The summed E-state index contributed by atoms with van der Waals surface area (Å²) in [5.74, 6) is 0. The molecular formula is C15H23N6O4+. The number of hydrogen-bond acceptors (Lipinski definition) is 5. The molecule has 0 spiro atoms. The summed E-state index contributed by atoms with van der Waals surface area (Å²) in [6.07, 6.45) is 2.61. The predicted octanol–water partition coefficient (Wildman–Crippen LogP) is -2.54. The largest absolute Gasteiger partial charge is 0.387 e. The van der Waals surface area contributed by atoms with E-state index in [1.54, 1.807) is 11.6 Å². The zero-order chi connectivity index (χ0) is 18.0. The molecule has 10 nitrogen and oxygen atoms in total. The lowest BCUT2D eigenvalue weighted by molar-refractivity contribution is -0.546. The zero-order valence-electron chi connectivity index (χ0n) is 14.4. The van der Waals surface area contributed by atoms with Crippen LogP contribution in [0.4, 0.5) is 0 Å². The van der Waals surface area contributed by atoms with Gasteiger partial charge >= 0.3 is 5.69 Å². The molecule has 3 rings (SSSR count). The van der Waals surface area contributed by atoms with Gasteiger partial charge in [0.25, 0.3) is 5.56 Å². The van der Waals surface area contributed by atoms with Crippen LogP contribution < -0.4 is 16.6 Å². The molecule has 0 saturated carbocycles. The SMILES string of the molecule is Cn1c(=O)c2c(ncn2C[C@H](O)CNC=[N+]2CCOCC2)n(C)c1=O. The molecule has 25 heavy (non-hydrogen) atoms. The average Bonchev–Trinajstić information content (AvgIpc) is 3.02. The van der Waals surface area contributed by atoms with Gasteiger partial charge in [-0.15, -0.1) is 0 Å². The van der Waals surface area contributed by atoms with Crippen LogP contribution in [0.3, 0.4) is 0 Å². The highest BCUT2D eigenvalue weighted by molar-refractivity contribution is 5.69. The molecule has 0 aromatic carbocycles. The quantitative estimate of drug-likeness (QED) is 0.454. The van der Waals surface area contributed by atoms with Crippen LogP contribution in [0.1, 0.15) is 0 Å². The number of aryl methyl sites for hydroxylation is 1. The fourth-order valence-corrected chi connectivity index (χ4v) is 2.85. The first-order chi connectivity index (χ1) is 12.0. The lowest BCUT2D eigenvalue weighted by Crippen LogP contribution is -2.38. The number of fused-ring (bicyclic) bond motifs is 1. The van der Waals surface area contributed by atoms with Crippen LogP contribution in [0, 0.1) is 0 Å². The van der Waals surface area contributed by atoms with Crippen LogP contribution in [0.15, 0.2) is 15.9 Å². The molecule has 1 saturated heterocycles. The Kier molecular flexibility index (Phi) is 5.00. The fourth-order valence-electron chi connectivity index (χ4n) is 2.85. The average molecular weight is 351 g/mol. The number of nitrogens with one attached hydrogen (secondary N) is 1. The van der Waals surface area contributed by atoms with Crippen LogP contribution in [0.25, 0.3) is 11.2 Å². The number of aromatic nitrogens is 4. The molecule has 0 radical (unpaired) electrons. The van der Waals surface area contributed by atoms with E-state index < -0.39 is 17.4 Å². The first-order valence-electron chi connectivity index (χ1n) is 8.16. The van der Waals surface area contributed by atoms with Crippen LogP contribution in [-0.2, 0) is 25.4 Å². The number of ether oxygens (including phenoxy) is 1. The van der Waals surface area contributed by atoms with Crippen molar-refractivity contribution in [3.05, 3.63) is 27.2 Å². The highest BCUT2D eigenvalue weighted by Gasteiger charge is 2.17. The summed E-state index contributed by atoms with van der Waals surface area (Å²) in [5.41, 5.74) is -0.227. The third-order valence-electron chi connectivity index (χ3n) is 4.30. The zero-order valence-corrected chi connectivity index (χ0v) is 14.4. The topological polar surface area (TPSA) is 106 Å². The summed E-state index contributed by atoms with van der Waals surface area (Å²) in [6, 6.07) is 0. The smallest absolute Gasteiger partial charge is 0.332 e. The van der Waals surface area contributed by atoms with Gasteiger partial charge in [0.1, 0.15) is 25.7 Å². The molecule has 2 N–H and O–H groups in total. The van der Waals surface area contributed by atoms with Gasteiger partial charge in [0.05, 0.1) is 26.1 Å². The Bertz CT molecular complexity index is 901. The van der Waals surface area contributed by atoms with Crippen LogP contribution in [-0.4, -0.2) is 73.7 Å². The maximum absolute atomic E-state index is 12.4. The Morgan fingerprint density at radius 3 is 2.80 bits per heavy atom. The number of nitrogens with zero attached hydrogens (tertiary/aromatic N) is 5.